The number of hydroxylamine groups is 2. The molecule has 1 fully saturated rings. The van der Waals surface area contributed by atoms with Gasteiger partial charge in [0, 0.05) is 19.0 Å². The van der Waals surface area contributed by atoms with Gasteiger partial charge in [0.05, 0.1) is 5.41 Å². The fraction of sp³-hybridized carbons (Fsp3) is 0.900. The van der Waals surface area contributed by atoms with Crippen molar-refractivity contribution in [2.75, 3.05) is 13.1 Å². The van der Waals surface area contributed by atoms with Crippen molar-refractivity contribution < 1.29 is 18.4 Å². The lowest BCUT2D eigenvalue weighted by molar-refractivity contribution is -0.196. The number of alkyl halides is 2. The summed E-state index contributed by atoms with van der Waals surface area (Å²) in [5.41, 5.74) is -0.594. The van der Waals surface area contributed by atoms with Crippen molar-refractivity contribution in [3.05, 3.63) is 0 Å². The smallest absolute Gasteiger partial charge is 0.330 e. The van der Waals surface area contributed by atoms with Gasteiger partial charge < -0.3 is 4.84 Å². The number of hydrogen-bond acceptors (Lipinski definition) is 3. The Morgan fingerprint density at radius 2 is 2.07 bits per heavy atom. The van der Waals surface area contributed by atoms with E-state index in [1.165, 1.54) is 5.06 Å². The van der Waals surface area contributed by atoms with Gasteiger partial charge in [0.1, 0.15) is 0 Å². The average Bonchev–Trinajstić information content (AvgIpc) is 2.50. The predicted octanol–water partition coefficient (Wildman–Crippen LogP) is 2.08. The summed E-state index contributed by atoms with van der Waals surface area (Å²) in [4.78, 5) is 16.5. The van der Waals surface area contributed by atoms with Crippen LogP contribution in [0.2, 0.25) is 0 Å². The SMILES string of the molecule is CC(C)(C)C(=O)ON1CC[C@@H](C(F)F)C1. The quantitative estimate of drug-likeness (QED) is 0.715. The maximum absolute atomic E-state index is 12.3. The lowest BCUT2D eigenvalue weighted by atomic mass is 9.98. The highest BCUT2D eigenvalue weighted by molar-refractivity contribution is 5.75. The summed E-state index contributed by atoms with van der Waals surface area (Å²) in [5.74, 6) is -1.05. The van der Waals surface area contributed by atoms with Crippen LogP contribution < -0.4 is 0 Å². The summed E-state index contributed by atoms with van der Waals surface area (Å²) in [5, 5.41) is 1.34. The molecule has 0 radical (unpaired) electrons. The third-order valence-corrected chi connectivity index (χ3v) is 2.37. The van der Waals surface area contributed by atoms with Gasteiger partial charge in [-0.05, 0) is 27.2 Å². The third-order valence-electron chi connectivity index (χ3n) is 2.37. The van der Waals surface area contributed by atoms with Crippen LogP contribution in [0.3, 0.4) is 0 Å². The molecule has 0 aromatic rings. The summed E-state index contributed by atoms with van der Waals surface area (Å²) in [7, 11) is 0. The summed E-state index contributed by atoms with van der Waals surface area (Å²) < 4.78 is 24.6. The lowest BCUT2D eigenvalue weighted by Gasteiger charge is -2.21. The monoisotopic (exact) mass is 221 g/mol. The normalized spacial score (nSPS) is 23.5. The van der Waals surface area contributed by atoms with Crippen LogP contribution >= 0.6 is 0 Å². The minimum atomic E-state index is -2.33. The van der Waals surface area contributed by atoms with Gasteiger partial charge in [0.25, 0.3) is 0 Å². The first-order chi connectivity index (χ1) is 6.80. The predicted molar refractivity (Wildman–Crippen MR) is 51.2 cm³/mol. The number of halogens is 2. The molecule has 1 heterocycles. The largest absolute Gasteiger partial charge is 0.367 e. The Kier molecular flexibility index (Phi) is 3.65. The maximum Gasteiger partial charge on any atom is 0.330 e. The third kappa shape index (κ3) is 3.41. The van der Waals surface area contributed by atoms with E-state index in [2.05, 4.69) is 0 Å². The molecule has 0 bridgehead atoms. The number of carbonyl (C=O) groups excluding carboxylic acids is 1. The number of hydrogen-bond donors (Lipinski definition) is 0. The molecular weight excluding hydrogens is 204 g/mol. The first kappa shape index (κ1) is 12.4. The number of rotatable bonds is 2. The van der Waals surface area contributed by atoms with Gasteiger partial charge in [0.15, 0.2) is 0 Å². The van der Waals surface area contributed by atoms with Crippen LogP contribution in [0.15, 0.2) is 0 Å². The van der Waals surface area contributed by atoms with Crippen molar-refractivity contribution in [3.8, 4) is 0 Å². The molecule has 1 atom stereocenters. The van der Waals surface area contributed by atoms with Gasteiger partial charge in [-0.1, -0.05) is 0 Å². The van der Waals surface area contributed by atoms with Crippen LogP contribution in [-0.4, -0.2) is 30.5 Å². The molecule has 15 heavy (non-hydrogen) atoms. The van der Waals surface area contributed by atoms with Gasteiger partial charge in [-0.3, -0.25) is 0 Å². The first-order valence-electron chi connectivity index (χ1n) is 5.06. The maximum atomic E-state index is 12.3. The zero-order valence-electron chi connectivity index (χ0n) is 9.30. The van der Waals surface area contributed by atoms with E-state index < -0.39 is 17.8 Å². The Hall–Kier alpha value is -0.710. The second-order valence-electron chi connectivity index (χ2n) is 4.90. The van der Waals surface area contributed by atoms with Gasteiger partial charge in [-0.2, -0.15) is 0 Å². The molecule has 1 saturated heterocycles. The molecule has 5 heteroatoms. The molecule has 0 aliphatic carbocycles. The van der Waals surface area contributed by atoms with E-state index in [1.54, 1.807) is 20.8 Å². The summed E-state index contributed by atoms with van der Waals surface area (Å²) in [6.45, 7) is 5.73. The second kappa shape index (κ2) is 4.43. The summed E-state index contributed by atoms with van der Waals surface area (Å²) in [6.07, 6.45) is -1.95. The number of nitrogens with zero attached hydrogens (tertiary/aromatic N) is 1. The molecule has 3 nitrogen and oxygen atoms in total. The minimum Gasteiger partial charge on any atom is -0.367 e. The van der Waals surface area contributed by atoms with E-state index in [1.807, 2.05) is 0 Å². The van der Waals surface area contributed by atoms with Crippen molar-refractivity contribution in [2.24, 2.45) is 11.3 Å². The van der Waals surface area contributed by atoms with Crippen LogP contribution in [0.4, 0.5) is 8.78 Å². The Balaban J connectivity index is 2.40. The molecule has 0 saturated carbocycles. The molecular formula is C10H17F2NO2. The average molecular weight is 221 g/mol. The molecule has 1 aliphatic heterocycles. The molecule has 0 aromatic carbocycles. The lowest BCUT2D eigenvalue weighted by Crippen LogP contribution is -2.32. The van der Waals surface area contributed by atoms with Gasteiger partial charge >= 0.3 is 5.97 Å². The Morgan fingerprint density at radius 1 is 1.47 bits per heavy atom. The van der Waals surface area contributed by atoms with Crippen molar-refractivity contribution in [3.63, 3.8) is 0 Å². The molecule has 0 N–H and O–H groups in total. The van der Waals surface area contributed by atoms with Crippen LogP contribution in [-0.2, 0) is 9.63 Å². The summed E-state index contributed by atoms with van der Waals surface area (Å²) in [6, 6.07) is 0. The standard InChI is InChI=1S/C10H17F2NO2/c1-10(2,3)9(14)15-13-5-4-7(6-13)8(11)12/h7-8H,4-6H2,1-3H3/t7-/m1/s1. The molecule has 0 aromatic heterocycles. The fourth-order valence-electron chi connectivity index (χ4n) is 1.30. The van der Waals surface area contributed by atoms with E-state index in [0.717, 1.165) is 0 Å². The number of carbonyl (C=O) groups is 1. The highest BCUT2D eigenvalue weighted by atomic mass is 19.3. The van der Waals surface area contributed by atoms with Crippen LogP contribution in [0.25, 0.3) is 0 Å². The van der Waals surface area contributed by atoms with E-state index in [9.17, 15) is 13.6 Å². The van der Waals surface area contributed by atoms with Crippen molar-refractivity contribution in [1.82, 2.24) is 5.06 Å². The minimum absolute atomic E-state index is 0.138. The summed E-state index contributed by atoms with van der Waals surface area (Å²) >= 11 is 0. The van der Waals surface area contributed by atoms with Crippen LogP contribution in [0.5, 0.6) is 0 Å². The first-order valence-corrected chi connectivity index (χ1v) is 5.06. The zero-order chi connectivity index (χ0) is 11.6. The fourth-order valence-corrected chi connectivity index (χ4v) is 1.30. The van der Waals surface area contributed by atoms with E-state index >= 15 is 0 Å². The highest BCUT2D eigenvalue weighted by Crippen LogP contribution is 2.24. The highest BCUT2D eigenvalue weighted by Gasteiger charge is 2.33. The van der Waals surface area contributed by atoms with E-state index in [0.29, 0.717) is 13.0 Å². The van der Waals surface area contributed by atoms with E-state index in [4.69, 9.17) is 4.84 Å². The van der Waals surface area contributed by atoms with Crippen LogP contribution in [0.1, 0.15) is 27.2 Å². The van der Waals surface area contributed by atoms with Gasteiger partial charge in [0.2, 0.25) is 6.43 Å². The zero-order valence-corrected chi connectivity index (χ0v) is 9.30. The molecule has 0 unspecified atom stereocenters. The van der Waals surface area contributed by atoms with Crippen LogP contribution in [0, 0.1) is 11.3 Å². The van der Waals surface area contributed by atoms with Crippen molar-refractivity contribution >= 4 is 5.97 Å². The second-order valence-corrected chi connectivity index (χ2v) is 4.90. The van der Waals surface area contributed by atoms with Crippen molar-refractivity contribution in [1.29, 1.82) is 0 Å². The molecule has 1 rings (SSSR count). The van der Waals surface area contributed by atoms with E-state index in [-0.39, 0.29) is 12.5 Å². The molecule has 88 valence electrons. The van der Waals surface area contributed by atoms with Gasteiger partial charge in [-0.15, -0.1) is 5.06 Å². The molecule has 1 aliphatic rings. The Morgan fingerprint density at radius 3 is 2.47 bits per heavy atom. The topological polar surface area (TPSA) is 29.5 Å². The van der Waals surface area contributed by atoms with Crippen molar-refractivity contribution in [2.45, 2.75) is 33.6 Å². The molecule has 0 spiro atoms. The Labute approximate surface area is 88.3 Å². The Bertz CT molecular complexity index is 238. The van der Waals surface area contributed by atoms with Gasteiger partial charge in [-0.25, -0.2) is 13.6 Å². The molecule has 0 amide bonds.